The predicted octanol–water partition coefficient (Wildman–Crippen LogP) is 3.08. The Bertz CT molecular complexity index is 698. The molecule has 1 aromatic carbocycles. The molecule has 0 aliphatic heterocycles. The molecule has 0 heterocycles. The Morgan fingerprint density at radius 2 is 1.81 bits per heavy atom. The number of carbonyl (C=O) groups excluding carboxylic acids is 2. The summed E-state index contributed by atoms with van der Waals surface area (Å²) in [4.78, 5) is 34.0. The van der Waals surface area contributed by atoms with Gasteiger partial charge in [-0.25, -0.2) is 0 Å². The van der Waals surface area contributed by atoms with E-state index in [9.17, 15) is 24.1 Å². The summed E-state index contributed by atoms with van der Waals surface area (Å²) >= 11 is 0. The number of carboxylic acids is 1. The molecule has 0 bridgehead atoms. The highest BCUT2D eigenvalue weighted by molar-refractivity contribution is 7.58. The van der Waals surface area contributed by atoms with Crippen molar-refractivity contribution in [1.29, 1.82) is 0 Å². The zero-order chi connectivity index (χ0) is 20.4. The normalized spacial score (nSPS) is 14.0. The second-order valence-corrected chi connectivity index (χ2v) is 8.74. The Balaban J connectivity index is 2.47. The first kappa shape index (κ1) is 22.9. The largest absolute Gasteiger partial charge is 0.481 e. The van der Waals surface area contributed by atoms with Gasteiger partial charge in [0.2, 0.25) is 7.37 Å². The van der Waals surface area contributed by atoms with Gasteiger partial charge in [0.15, 0.2) is 0 Å². The van der Waals surface area contributed by atoms with Gasteiger partial charge in [0, 0.05) is 26.2 Å². The van der Waals surface area contributed by atoms with Gasteiger partial charge in [0.05, 0.1) is 12.5 Å². The van der Waals surface area contributed by atoms with Gasteiger partial charge >= 0.3 is 17.9 Å². The number of rotatable bonds is 11. The smallest absolute Gasteiger partial charge is 0.308 e. The van der Waals surface area contributed by atoms with Crippen LogP contribution in [0.5, 0.6) is 5.75 Å². The summed E-state index contributed by atoms with van der Waals surface area (Å²) < 4.78 is 27.3. The first-order valence-electron chi connectivity index (χ1n) is 8.50. The number of ether oxygens (including phenoxy) is 2. The van der Waals surface area contributed by atoms with Crippen LogP contribution in [0.25, 0.3) is 0 Å². The second-order valence-electron chi connectivity index (χ2n) is 6.09. The van der Waals surface area contributed by atoms with Gasteiger partial charge in [-0.1, -0.05) is 12.1 Å². The van der Waals surface area contributed by atoms with Crippen molar-refractivity contribution in [3.63, 3.8) is 0 Å². The molecule has 0 spiro atoms. The van der Waals surface area contributed by atoms with Crippen molar-refractivity contribution in [3.8, 4) is 5.75 Å². The summed E-state index contributed by atoms with van der Waals surface area (Å²) in [6.45, 7) is 4.62. The minimum Gasteiger partial charge on any atom is -0.481 e. The summed E-state index contributed by atoms with van der Waals surface area (Å²) in [6, 6.07) is 6.47. The molecule has 2 unspecified atom stereocenters. The van der Waals surface area contributed by atoms with E-state index in [1.54, 1.807) is 31.2 Å². The van der Waals surface area contributed by atoms with Crippen LogP contribution in [0, 0.1) is 5.92 Å². The molecule has 0 saturated heterocycles. The minimum atomic E-state index is -3.01. The van der Waals surface area contributed by atoms with Crippen LogP contribution < -0.4 is 4.74 Å². The van der Waals surface area contributed by atoms with Crippen LogP contribution in [0.3, 0.4) is 0 Å². The fourth-order valence-corrected chi connectivity index (χ4v) is 4.16. The van der Waals surface area contributed by atoms with Gasteiger partial charge in [-0.2, -0.15) is 0 Å². The molecule has 0 aliphatic rings. The third-order valence-corrected chi connectivity index (χ3v) is 5.49. The molecule has 0 fully saturated rings. The second kappa shape index (κ2) is 10.8. The van der Waals surface area contributed by atoms with Gasteiger partial charge < -0.3 is 19.1 Å². The maximum absolute atomic E-state index is 12.1. The SMILES string of the molecule is CCOP(C)(=O)CC(CCC(=O)OCc1ccc(OC(C)=O)cc1)C(=O)O. The first-order chi connectivity index (χ1) is 12.6. The molecule has 1 rings (SSSR count). The third-order valence-electron chi connectivity index (χ3n) is 3.59. The van der Waals surface area contributed by atoms with E-state index in [-0.39, 0.29) is 32.2 Å². The van der Waals surface area contributed by atoms with Crippen LogP contribution in [0.4, 0.5) is 0 Å². The van der Waals surface area contributed by atoms with Gasteiger partial charge in [-0.15, -0.1) is 0 Å². The molecule has 1 aromatic rings. The maximum atomic E-state index is 12.1. The molecule has 0 amide bonds. The van der Waals surface area contributed by atoms with Gasteiger partial charge in [0.1, 0.15) is 12.4 Å². The lowest BCUT2D eigenvalue weighted by atomic mass is 10.1. The lowest BCUT2D eigenvalue weighted by Gasteiger charge is -2.17. The molecule has 0 radical (unpaired) electrons. The van der Waals surface area contributed by atoms with E-state index in [2.05, 4.69) is 0 Å². The number of esters is 2. The lowest BCUT2D eigenvalue weighted by Crippen LogP contribution is -2.20. The van der Waals surface area contributed by atoms with E-state index in [1.807, 2.05) is 0 Å². The Hall–Kier alpha value is -2.18. The molecule has 1 N–H and O–H groups in total. The molecular weight excluding hydrogens is 375 g/mol. The van der Waals surface area contributed by atoms with Crippen LogP contribution in [0.2, 0.25) is 0 Å². The van der Waals surface area contributed by atoms with E-state index in [0.717, 1.165) is 0 Å². The molecular formula is C18H25O8P. The third kappa shape index (κ3) is 9.35. The fraction of sp³-hybridized carbons (Fsp3) is 0.500. The van der Waals surface area contributed by atoms with Crippen molar-refractivity contribution in [1.82, 2.24) is 0 Å². The summed E-state index contributed by atoms with van der Waals surface area (Å²) in [5.74, 6) is -2.65. The first-order valence-corrected chi connectivity index (χ1v) is 10.8. The van der Waals surface area contributed by atoms with Crippen molar-refractivity contribution in [3.05, 3.63) is 29.8 Å². The van der Waals surface area contributed by atoms with Gasteiger partial charge in [0.25, 0.3) is 0 Å². The summed E-state index contributed by atoms with van der Waals surface area (Å²) in [7, 11) is -3.01. The lowest BCUT2D eigenvalue weighted by molar-refractivity contribution is -0.146. The molecule has 0 aliphatic carbocycles. The molecule has 2 atom stereocenters. The fourth-order valence-electron chi connectivity index (χ4n) is 2.37. The highest BCUT2D eigenvalue weighted by atomic mass is 31.2. The van der Waals surface area contributed by atoms with E-state index >= 15 is 0 Å². The van der Waals surface area contributed by atoms with E-state index in [1.165, 1.54) is 13.6 Å². The van der Waals surface area contributed by atoms with E-state index < -0.39 is 31.2 Å². The van der Waals surface area contributed by atoms with Crippen molar-refractivity contribution >= 4 is 25.3 Å². The summed E-state index contributed by atoms with van der Waals surface area (Å²) in [5.41, 5.74) is 0.698. The highest BCUT2D eigenvalue weighted by Gasteiger charge is 2.28. The van der Waals surface area contributed by atoms with Crippen molar-refractivity contribution in [2.45, 2.75) is 33.3 Å². The average Bonchev–Trinajstić information content (AvgIpc) is 2.57. The van der Waals surface area contributed by atoms with Gasteiger partial charge in [-0.3, -0.25) is 18.9 Å². The average molecular weight is 400 g/mol. The Morgan fingerprint density at radius 1 is 1.19 bits per heavy atom. The summed E-state index contributed by atoms with van der Waals surface area (Å²) in [5, 5.41) is 9.25. The number of benzene rings is 1. The minimum absolute atomic E-state index is 0.0160. The van der Waals surface area contributed by atoms with Crippen molar-refractivity contribution in [2.75, 3.05) is 19.4 Å². The van der Waals surface area contributed by atoms with Crippen LogP contribution >= 0.6 is 7.37 Å². The topological polar surface area (TPSA) is 116 Å². The van der Waals surface area contributed by atoms with Gasteiger partial charge in [-0.05, 0) is 31.0 Å². The number of hydrogen-bond acceptors (Lipinski definition) is 7. The quantitative estimate of drug-likeness (QED) is 0.342. The number of carboxylic acid groups (broad SMARTS) is 1. The molecule has 0 saturated carbocycles. The molecule has 150 valence electrons. The molecule has 0 aromatic heterocycles. The number of carbonyl (C=O) groups is 3. The molecule has 9 heteroatoms. The zero-order valence-corrected chi connectivity index (χ0v) is 16.6. The van der Waals surface area contributed by atoms with Crippen LogP contribution in [-0.4, -0.2) is 42.4 Å². The summed E-state index contributed by atoms with van der Waals surface area (Å²) in [6.07, 6.45) is -0.208. The monoisotopic (exact) mass is 400 g/mol. The molecule has 8 nitrogen and oxygen atoms in total. The van der Waals surface area contributed by atoms with E-state index in [0.29, 0.717) is 11.3 Å². The van der Waals surface area contributed by atoms with Crippen molar-refractivity contribution in [2.24, 2.45) is 5.92 Å². The zero-order valence-electron chi connectivity index (χ0n) is 15.7. The maximum Gasteiger partial charge on any atom is 0.308 e. The van der Waals surface area contributed by atoms with Crippen LogP contribution in [0.1, 0.15) is 32.3 Å². The van der Waals surface area contributed by atoms with Crippen LogP contribution in [-0.2, 0) is 34.8 Å². The standard InChI is InChI=1S/C18H25O8P/c1-4-25-27(3,23)12-15(18(21)22)7-10-17(20)24-11-14-5-8-16(9-6-14)26-13(2)19/h5-6,8-9,15H,4,7,10-12H2,1-3H3,(H,21,22). The Morgan fingerprint density at radius 3 is 2.33 bits per heavy atom. The van der Waals surface area contributed by atoms with E-state index in [4.69, 9.17) is 14.0 Å². The Kier molecular flexibility index (Phi) is 9.18. The molecule has 27 heavy (non-hydrogen) atoms. The number of hydrogen-bond donors (Lipinski definition) is 1. The predicted molar refractivity (Wildman–Crippen MR) is 97.9 cm³/mol. The number of aliphatic carboxylic acids is 1. The highest BCUT2D eigenvalue weighted by Crippen LogP contribution is 2.45. The van der Waals surface area contributed by atoms with Crippen molar-refractivity contribution < 1.29 is 38.1 Å². The van der Waals surface area contributed by atoms with Crippen LogP contribution in [0.15, 0.2) is 24.3 Å². The Labute approximate surface area is 158 Å².